The smallest absolute Gasteiger partial charge is 0.253 e. The van der Waals surface area contributed by atoms with Crippen LogP contribution in [-0.4, -0.2) is 35.4 Å². The Morgan fingerprint density at radius 2 is 2.35 bits per heavy atom. The van der Waals surface area contributed by atoms with E-state index in [9.17, 15) is 9.18 Å². The standard InChI is InChI=1S/C12H14FNOS2/c1-14(9-4-5-17-7-9)12(15)8-2-3-10(13)11(16)6-8/h2-3,6,9,16H,4-5,7H2,1H3. The lowest BCUT2D eigenvalue weighted by molar-refractivity contribution is 0.0747. The molecule has 1 aliphatic heterocycles. The molecule has 1 heterocycles. The summed E-state index contributed by atoms with van der Waals surface area (Å²) in [5, 5.41) is 0. The van der Waals surface area contributed by atoms with Crippen molar-refractivity contribution in [3.63, 3.8) is 0 Å². The van der Waals surface area contributed by atoms with Gasteiger partial charge in [0.1, 0.15) is 5.82 Å². The molecule has 2 rings (SSSR count). The lowest BCUT2D eigenvalue weighted by Crippen LogP contribution is -2.36. The lowest BCUT2D eigenvalue weighted by Gasteiger charge is -2.23. The first-order valence-corrected chi connectivity index (χ1v) is 7.03. The van der Waals surface area contributed by atoms with E-state index in [0.29, 0.717) is 11.6 Å². The lowest BCUT2D eigenvalue weighted by atomic mass is 10.1. The van der Waals surface area contributed by atoms with E-state index in [2.05, 4.69) is 12.6 Å². The minimum absolute atomic E-state index is 0.0622. The minimum Gasteiger partial charge on any atom is -0.338 e. The molecule has 0 saturated carbocycles. The van der Waals surface area contributed by atoms with Crippen LogP contribution in [0.15, 0.2) is 23.1 Å². The van der Waals surface area contributed by atoms with Crippen LogP contribution < -0.4 is 0 Å². The first-order chi connectivity index (χ1) is 8.09. The van der Waals surface area contributed by atoms with Gasteiger partial charge in [0.15, 0.2) is 0 Å². The largest absolute Gasteiger partial charge is 0.338 e. The van der Waals surface area contributed by atoms with Crippen LogP contribution in [0.4, 0.5) is 4.39 Å². The van der Waals surface area contributed by atoms with E-state index >= 15 is 0 Å². The molecule has 0 spiro atoms. The summed E-state index contributed by atoms with van der Waals surface area (Å²) in [4.78, 5) is 14.1. The van der Waals surface area contributed by atoms with Gasteiger partial charge in [0.25, 0.3) is 5.91 Å². The van der Waals surface area contributed by atoms with E-state index in [0.717, 1.165) is 17.9 Å². The Balaban J connectivity index is 2.15. The maximum absolute atomic E-state index is 13.1. The van der Waals surface area contributed by atoms with Crippen LogP contribution >= 0.6 is 24.4 Å². The summed E-state index contributed by atoms with van der Waals surface area (Å²) in [6.07, 6.45) is 1.03. The fraction of sp³-hybridized carbons (Fsp3) is 0.417. The van der Waals surface area contributed by atoms with Gasteiger partial charge in [0.2, 0.25) is 0 Å². The maximum atomic E-state index is 13.1. The number of nitrogens with zero attached hydrogens (tertiary/aromatic N) is 1. The summed E-state index contributed by atoms with van der Waals surface area (Å²) in [5.74, 6) is 1.62. The highest BCUT2D eigenvalue weighted by atomic mass is 32.2. The van der Waals surface area contributed by atoms with Gasteiger partial charge in [-0.25, -0.2) is 4.39 Å². The molecule has 17 heavy (non-hydrogen) atoms. The van der Waals surface area contributed by atoms with Crippen LogP contribution in [0, 0.1) is 5.82 Å². The van der Waals surface area contributed by atoms with Gasteiger partial charge in [-0.05, 0) is 30.4 Å². The van der Waals surface area contributed by atoms with Crippen molar-refractivity contribution in [2.24, 2.45) is 0 Å². The third kappa shape index (κ3) is 2.77. The third-order valence-corrected chi connectivity index (χ3v) is 4.45. The maximum Gasteiger partial charge on any atom is 0.253 e. The Hall–Kier alpha value is -0.680. The van der Waals surface area contributed by atoms with Crippen molar-refractivity contribution in [2.45, 2.75) is 17.4 Å². The molecule has 2 nitrogen and oxygen atoms in total. The summed E-state index contributed by atoms with van der Waals surface area (Å²) >= 11 is 5.85. The Bertz CT molecular complexity index is 433. The second-order valence-electron chi connectivity index (χ2n) is 4.10. The molecular formula is C12H14FNOS2. The van der Waals surface area contributed by atoms with Crippen molar-refractivity contribution in [1.82, 2.24) is 4.90 Å². The molecule has 0 bridgehead atoms. The summed E-state index contributed by atoms with van der Waals surface area (Å²) in [7, 11) is 1.81. The monoisotopic (exact) mass is 271 g/mol. The first kappa shape index (κ1) is 12.8. The van der Waals surface area contributed by atoms with Crippen LogP contribution in [0.5, 0.6) is 0 Å². The topological polar surface area (TPSA) is 20.3 Å². The molecule has 0 aliphatic carbocycles. The van der Waals surface area contributed by atoms with Crippen molar-refractivity contribution < 1.29 is 9.18 Å². The molecule has 0 radical (unpaired) electrons. The van der Waals surface area contributed by atoms with Crippen LogP contribution in [0.2, 0.25) is 0 Å². The van der Waals surface area contributed by atoms with Gasteiger partial charge in [-0.1, -0.05) is 0 Å². The first-order valence-electron chi connectivity index (χ1n) is 5.43. The molecule has 1 aromatic rings. The Labute approximate surface area is 110 Å². The van der Waals surface area contributed by atoms with Gasteiger partial charge in [-0.2, -0.15) is 11.8 Å². The number of carbonyl (C=O) groups is 1. The zero-order valence-corrected chi connectivity index (χ0v) is 11.2. The SMILES string of the molecule is CN(C(=O)c1ccc(F)c(S)c1)C1CCSC1. The number of carbonyl (C=O) groups excluding carboxylic acids is 1. The van der Waals surface area contributed by atoms with Crippen LogP contribution in [-0.2, 0) is 0 Å². The molecule has 1 amide bonds. The molecule has 1 fully saturated rings. The quantitative estimate of drug-likeness (QED) is 0.835. The zero-order valence-electron chi connectivity index (χ0n) is 9.52. The van der Waals surface area contributed by atoms with Crippen LogP contribution in [0.25, 0.3) is 0 Å². The number of rotatable bonds is 2. The zero-order chi connectivity index (χ0) is 12.4. The predicted octanol–water partition coefficient (Wildman–Crippen LogP) is 2.69. The number of thiol groups is 1. The van der Waals surface area contributed by atoms with Crippen molar-refractivity contribution in [3.05, 3.63) is 29.6 Å². The highest BCUT2D eigenvalue weighted by molar-refractivity contribution is 7.99. The minimum atomic E-state index is -0.399. The molecular weight excluding hydrogens is 257 g/mol. The van der Waals surface area contributed by atoms with Gasteiger partial charge in [-0.3, -0.25) is 4.79 Å². The molecule has 1 aromatic carbocycles. The predicted molar refractivity (Wildman–Crippen MR) is 71.5 cm³/mol. The highest BCUT2D eigenvalue weighted by Crippen LogP contribution is 2.23. The number of hydrogen-bond donors (Lipinski definition) is 1. The van der Waals surface area contributed by atoms with E-state index in [1.165, 1.54) is 18.2 Å². The summed E-state index contributed by atoms with van der Waals surface area (Å²) in [6, 6.07) is 4.57. The Morgan fingerprint density at radius 1 is 1.59 bits per heavy atom. The van der Waals surface area contributed by atoms with Crippen molar-refractivity contribution in [2.75, 3.05) is 18.6 Å². The Kier molecular flexibility index (Phi) is 3.99. The van der Waals surface area contributed by atoms with Gasteiger partial charge in [0.05, 0.1) is 0 Å². The number of benzene rings is 1. The van der Waals surface area contributed by atoms with Gasteiger partial charge in [0, 0.05) is 29.3 Å². The van der Waals surface area contributed by atoms with E-state index in [1.807, 2.05) is 11.8 Å². The Morgan fingerprint density at radius 3 is 2.94 bits per heavy atom. The third-order valence-electron chi connectivity index (χ3n) is 2.97. The van der Waals surface area contributed by atoms with Crippen molar-refractivity contribution >= 4 is 30.3 Å². The van der Waals surface area contributed by atoms with Gasteiger partial charge in [-0.15, -0.1) is 12.6 Å². The normalized spacial score (nSPS) is 19.4. The second-order valence-corrected chi connectivity index (χ2v) is 5.73. The molecule has 5 heteroatoms. The van der Waals surface area contributed by atoms with Crippen molar-refractivity contribution in [1.29, 1.82) is 0 Å². The number of hydrogen-bond acceptors (Lipinski definition) is 3. The summed E-state index contributed by atoms with van der Waals surface area (Å²) in [5.41, 5.74) is 0.496. The molecule has 1 saturated heterocycles. The number of amides is 1. The van der Waals surface area contributed by atoms with Crippen molar-refractivity contribution in [3.8, 4) is 0 Å². The van der Waals surface area contributed by atoms with Gasteiger partial charge < -0.3 is 4.90 Å². The van der Waals surface area contributed by atoms with Crippen LogP contribution in [0.3, 0.4) is 0 Å². The van der Waals surface area contributed by atoms with E-state index in [4.69, 9.17) is 0 Å². The van der Waals surface area contributed by atoms with E-state index < -0.39 is 5.82 Å². The fourth-order valence-corrected chi connectivity index (χ4v) is 3.32. The van der Waals surface area contributed by atoms with E-state index in [-0.39, 0.29) is 10.8 Å². The second kappa shape index (κ2) is 5.31. The van der Waals surface area contributed by atoms with E-state index in [1.54, 1.807) is 11.9 Å². The summed E-state index contributed by atoms with van der Waals surface area (Å²) < 4.78 is 13.1. The molecule has 1 aliphatic rings. The summed E-state index contributed by atoms with van der Waals surface area (Å²) in [6.45, 7) is 0. The average molecular weight is 271 g/mol. The molecule has 0 N–H and O–H groups in total. The average Bonchev–Trinajstić information content (AvgIpc) is 2.84. The molecule has 1 unspecified atom stereocenters. The number of thioether (sulfide) groups is 1. The van der Waals surface area contributed by atoms with Gasteiger partial charge >= 0.3 is 0 Å². The highest BCUT2D eigenvalue weighted by Gasteiger charge is 2.24. The molecule has 92 valence electrons. The van der Waals surface area contributed by atoms with Crippen LogP contribution in [0.1, 0.15) is 16.8 Å². The molecule has 1 atom stereocenters. The molecule has 0 aromatic heterocycles. The fourth-order valence-electron chi connectivity index (χ4n) is 1.84. The number of halogens is 1.